The van der Waals surface area contributed by atoms with E-state index in [9.17, 15) is 19.6 Å². The predicted molar refractivity (Wildman–Crippen MR) is 139 cm³/mol. The maximum Gasteiger partial charge on any atom is 0.324 e. The van der Waals surface area contributed by atoms with Crippen molar-refractivity contribution in [2.24, 2.45) is 16.8 Å². The number of fused-ring (bicyclic) bond motifs is 1. The number of pyridine rings is 1. The van der Waals surface area contributed by atoms with Crippen LogP contribution in [0.15, 0.2) is 22.3 Å². The summed E-state index contributed by atoms with van der Waals surface area (Å²) >= 11 is 0. The average Bonchev–Trinajstić information content (AvgIpc) is 3.48. The Bertz CT molecular complexity index is 1170. The zero-order chi connectivity index (χ0) is 27.1. The highest BCUT2D eigenvalue weighted by molar-refractivity contribution is 5.94. The van der Waals surface area contributed by atoms with Crippen LogP contribution in [-0.2, 0) is 27.2 Å². The van der Waals surface area contributed by atoms with Crippen molar-refractivity contribution in [2.45, 2.75) is 38.9 Å². The summed E-state index contributed by atoms with van der Waals surface area (Å²) in [4.78, 5) is 48.1. The molecule has 0 saturated carbocycles. The zero-order valence-electron chi connectivity index (χ0n) is 21.7. The molecule has 3 aliphatic heterocycles. The van der Waals surface area contributed by atoms with Crippen molar-refractivity contribution >= 4 is 30.3 Å². The van der Waals surface area contributed by atoms with Gasteiger partial charge in [-0.2, -0.15) is 5.26 Å². The molecule has 12 heteroatoms. The maximum absolute atomic E-state index is 13.4. The van der Waals surface area contributed by atoms with E-state index in [0.717, 1.165) is 12.0 Å². The molecule has 1 aromatic heterocycles. The number of aromatic nitrogens is 1. The van der Waals surface area contributed by atoms with Crippen molar-refractivity contribution in [3.8, 4) is 6.07 Å². The third-order valence-corrected chi connectivity index (χ3v) is 6.98. The number of carbonyl (C=O) groups is 3. The van der Waals surface area contributed by atoms with Crippen LogP contribution in [0.4, 0.5) is 10.6 Å². The van der Waals surface area contributed by atoms with Crippen LogP contribution in [0.3, 0.4) is 0 Å². The van der Waals surface area contributed by atoms with Crippen molar-refractivity contribution in [3.63, 3.8) is 0 Å². The van der Waals surface area contributed by atoms with Crippen molar-refractivity contribution in [2.75, 3.05) is 44.9 Å². The van der Waals surface area contributed by atoms with Gasteiger partial charge in [0.15, 0.2) is 6.29 Å². The summed E-state index contributed by atoms with van der Waals surface area (Å²) in [6.45, 7) is 4.47. The SMILES string of the molecule is COCCNC1=C(C#N)C=NC(NC(=O)N2CCCc3cc(CNC(=O)C4CCOC4)c(C=O)nc32)C1C. The third-order valence-electron chi connectivity index (χ3n) is 6.98. The molecular formula is C26H33N7O5. The van der Waals surface area contributed by atoms with Crippen LogP contribution in [0.1, 0.15) is 41.4 Å². The maximum atomic E-state index is 13.4. The molecule has 3 N–H and O–H groups in total. The molecule has 3 amide bonds. The lowest BCUT2D eigenvalue weighted by Crippen LogP contribution is -2.50. The molecule has 4 heterocycles. The Labute approximate surface area is 221 Å². The smallest absolute Gasteiger partial charge is 0.324 e. The molecule has 0 spiro atoms. The van der Waals surface area contributed by atoms with E-state index in [0.29, 0.717) is 74.7 Å². The molecule has 12 nitrogen and oxygen atoms in total. The number of rotatable bonds is 9. The van der Waals surface area contributed by atoms with Gasteiger partial charge in [-0.3, -0.25) is 19.5 Å². The summed E-state index contributed by atoms with van der Waals surface area (Å²) in [5, 5.41) is 18.5. The Balaban J connectivity index is 1.46. The lowest BCUT2D eigenvalue weighted by atomic mass is 9.97. The molecule has 202 valence electrons. The summed E-state index contributed by atoms with van der Waals surface area (Å²) in [5.74, 6) is -0.132. The quantitative estimate of drug-likeness (QED) is 0.320. The minimum atomic E-state index is -0.588. The second kappa shape index (κ2) is 12.6. The normalized spacial score (nSPS) is 22.4. The Morgan fingerprint density at radius 2 is 2.24 bits per heavy atom. The number of anilines is 1. The van der Waals surface area contributed by atoms with Crippen LogP contribution in [0.2, 0.25) is 0 Å². The van der Waals surface area contributed by atoms with Gasteiger partial charge in [0.2, 0.25) is 5.91 Å². The number of nitriles is 1. The first-order chi connectivity index (χ1) is 18.5. The standard InChI is InChI=1S/C26H33N7O5/c1-16-22(28-6-9-37-2)20(11-27)13-29-23(16)32-26(36)33-7-3-4-17-10-19(21(14-34)31-24(17)33)12-30-25(35)18-5-8-38-15-18/h10,13-14,16,18,23,28H,3-9,12,15H2,1-2H3,(H,30,35)(H,32,36). The number of aliphatic imine (C=N–C) groups is 1. The average molecular weight is 524 g/mol. The molecule has 0 bridgehead atoms. The second-order valence-electron chi connectivity index (χ2n) is 9.49. The number of carbonyl (C=O) groups excluding carboxylic acids is 3. The molecule has 38 heavy (non-hydrogen) atoms. The number of amides is 3. The number of urea groups is 1. The van der Waals surface area contributed by atoms with Gasteiger partial charge >= 0.3 is 6.03 Å². The molecular weight excluding hydrogens is 490 g/mol. The number of aldehydes is 1. The highest BCUT2D eigenvalue weighted by atomic mass is 16.5. The van der Waals surface area contributed by atoms with Crippen LogP contribution in [-0.4, -0.2) is 75.6 Å². The van der Waals surface area contributed by atoms with E-state index < -0.39 is 6.17 Å². The number of dihydropyridines is 1. The molecule has 4 rings (SSSR count). The van der Waals surface area contributed by atoms with Gasteiger partial charge in [-0.05, 0) is 30.9 Å². The predicted octanol–water partition coefficient (Wildman–Crippen LogP) is 1.07. The van der Waals surface area contributed by atoms with Gasteiger partial charge in [-0.15, -0.1) is 0 Å². The van der Waals surface area contributed by atoms with Crippen LogP contribution in [0.5, 0.6) is 0 Å². The molecule has 0 aromatic carbocycles. The molecule has 1 aromatic rings. The van der Waals surface area contributed by atoms with E-state index in [-0.39, 0.29) is 36.0 Å². The van der Waals surface area contributed by atoms with Gasteiger partial charge in [0.25, 0.3) is 0 Å². The van der Waals surface area contributed by atoms with Crippen molar-refractivity contribution < 1.29 is 23.9 Å². The summed E-state index contributed by atoms with van der Waals surface area (Å²) in [7, 11) is 1.60. The van der Waals surface area contributed by atoms with Crippen molar-refractivity contribution in [1.29, 1.82) is 5.26 Å². The number of nitrogens with one attached hydrogen (secondary N) is 3. The largest absolute Gasteiger partial charge is 0.385 e. The van der Waals surface area contributed by atoms with Crippen LogP contribution >= 0.6 is 0 Å². The Morgan fingerprint density at radius 3 is 2.95 bits per heavy atom. The topological polar surface area (TPSA) is 158 Å². The van der Waals surface area contributed by atoms with E-state index >= 15 is 0 Å². The fraction of sp³-hybridized carbons (Fsp3) is 0.538. The first-order valence-corrected chi connectivity index (χ1v) is 12.8. The molecule has 3 atom stereocenters. The van der Waals surface area contributed by atoms with Gasteiger partial charge < -0.3 is 25.4 Å². The number of allylic oxidation sites excluding steroid dienone is 1. The number of ether oxygens (including phenoxy) is 2. The Hall–Kier alpha value is -3.82. The zero-order valence-corrected chi connectivity index (χ0v) is 21.7. The first-order valence-electron chi connectivity index (χ1n) is 12.8. The summed E-state index contributed by atoms with van der Waals surface area (Å²) in [5.41, 5.74) is 2.74. The number of aryl methyl sites for hydroxylation is 1. The van der Waals surface area contributed by atoms with Gasteiger partial charge in [0.05, 0.1) is 24.7 Å². The van der Waals surface area contributed by atoms with E-state index in [4.69, 9.17) is 9.47 Å². The minimum Gasteiger partial charge on any atom is -0.385 e. The van der Waals surface area contributed by atoms with Gasteiger partial charge in [0, 0.05) is 56.7 Å². The molecule has 3 unspecified atom stereocenters. The van der Waals surface area contributed by atoms with E-state index in [1.54, 1.807) is 7.11 Å². The highest BCUT2D eigenvalue weighted by Gasteiger charge is 2.32. The summed E-state index contributed by atoms with van der Waals surface area (Å²) in [6, 6.07) is 3.60. The van der Waals surface area contributed by atoms with E-state index in [1.807, 2.05) is 13.0 Å². The monoisotopic (exact) mass is 523 g/mol. The molecule has 3 aliphatic rings. The lowest BCUT2D eigenvalue weighted by molar-refractivity contribution is -0.125. The number of hydrogen-bond acceptors (Lipinski definition) is 9. The number of nitrogens with zero attached hydrogens (tertiary/aromatic N) is 4. The second-order valence-corrected chi connectivity index (χ2v) is 9.49. The lowest BCUT2D eigenvalue weighted by Gasteiger charge is -2.33. The summed E-state index contributed by atoms with van der Waals surface area (Å²) in [6.07, 6.45) is 3.62. The third kappa shape index (κ3) is 6.00. The Morgan fingerprint density at radius 1 is 1.39 bits per heavy atom. The Kier molecular flexibility index (Phi) is 9.04. The number of hydrogen-bond donors (Lipinski definition) is 3. The fourth-order valence-electron chi connectivity index (χ4n) is 4.82. The fourth-order valence-corrected chi connectivity index (χ4v) is 4.82. The van der Waals surface area contributed by atoms with Gasteiger partial charge in [-0.25, -0.2) is 9.78 Å². The molecule has 0 aliphatic carbocycles. The van der Waals surface area contributed by atoms with Gasteiger partial charge in [-0.1, -0.05) is 6.92 Å². The van der Waals surface area contributed by atoms with Crippen LogP contribution < -0.4 is 20.9 Å². The molecule has 1 fully saturated rings. The van der Waals surface area contributed by atoms with E-state index in [1.165, 1.54) is 11.1 Å². The molecule has 1 saturated heterocycles. The van der Waals surface area contributed by atoms with Gasteiger partial charge in [0.1, 0.15) is 23.7 Å². The first kappa shape index (κ1) is 27.2. The van der Waals surface area contributed by atoms with Crippen molar-refractivity contribution in [3.05, 3.63) is 34.2 Å². The highest BCUT2D eigenvalue weighted by Crippen LogP contribution is 2.28. The summed E-state index contributed by atoms with van der Waals surface area (Å²) < 4.78 is 10.4. The van der Waals surface area contributed by atoms with Crippen LogP contribution in [0.25, 0.3) is 0 Å². The number of methoxy groups -OCH3 is 1. The minimum absolute atomic E-state index is 0.107. The molecule has 0 radical (unpaired) electrons. The van der Waals surface area contributed by atoms with E-state index in [2.05, 4.69) is 32.0 Å². The van der Waals surface area contributed by atoms with Crippen molar-refractivity contribution in [1.82, 2.24) is 20.9 Å². The van der Waals surface area contributed by atoms with Crippen LogP contribution in [0, 0.1) is 23.2 Å².